The molecule has 0 spiro atoms. The normalized spacial score (nSPS) is 22.2. The molecule has 2 aromatic heterocycles. The van der Waals surface area contributed by atoms with Crippen molar-refractivity contribution in [3.8, 4) is 6.07 Å². The molecule has 3 aliphatic carbocycles. The van der Waals surface area contributed by atoms with Gasteiger partial charge in [-0.25, -0.2) is 4.79 Å². The summed E-state index contributed by atoms with van der Waals surface area (Å²) in [5.74, 6) is 0.938. The second-order valence-corrected chi connectivity index (χ2v) is 11.3. The molecular weight excluding hydrogens is 454 g/mol. The lowest BCUT2D eigenvalue weighted by molar-refractivity contribution is -0.0664. The molecule has 0 atom stereocenters. The average Bonchev–Trinajstić information content (AvgIpc) is 3.07. The second-order valence-electron chi connectivity index (χ2n) is 11.3. The molecule has 2 N–H and O–H groups in total. The fourth-order valence-electron chi connectivity index (χ4n) is 5.47. The predicted octanol–water partition coefficient (Wildman–Crippen LogP) is 5.78. The van der Waals surface area contributed by atoms with Crippen LogP contribution in [0.2, 0.25) is 0 Å². The fraction of sp³-hybridized carbons (Fsp3) is 0.444. The number of nitrogens with zero attached hydrogens (tertiary/aromatic N) is 5. The molecular formula is C27H31N7O2. The summed E-state index contributed by atoms with van der Waals surface area (Å²) in [6.07, 6.45) is 3.53. The number of aryl methyl sites for hydroxylation is 3. The Morgan fingerprint density at radius 1 is 1.19 bits per heavy atom. The van der Waals surface area contributed by atoms with Gasteiger partial charge in [-0.15, -0.1) is 4.68 Å². The Bertz CT molecular complexity index is 1430. The summed E-state index contributed by atoms with van der Waals surface area (Å²) in [6.45, 7) is 15.2. The van der Waals surface area contributed by atoms with Crippen molar-refractivity contribution in [3.05, 3.63) is 41.1 Å². The first-order valence-corrected chi connectivity index (χ1v) is 12.1. The Balaban J connectivity index is 1.61. The number of carbonyl (C=O) groups is 1. The highest BCUT2D eigenvalue weighted by molar-refractivity contribution is 5.96. The number of nitriles is 1. The second kappa shape index (κ2) is 7.79. The molecule has 3 aromatic rings. The smallest absolute Gasteiger partial charge is 0.437 e. The van der Waals surface area contributed by atoms with Gasteiger partial charge in [0.25, 0.3) is 0 Å². The molecule has 9 nitrogen and oxygen atoms in total. The van der Waals surface area contributed by atoms with Crippen LogP contribution in [-0.4, -0.2) is 37.0 Å². The molecule has 2 bridgehead atoms. The summed E-state index contributed by atoms with van der Waals surface area (Å²) in [6, 6.07) is 6.53. The number of anilines is 3. The first-order valence-electron chi connectivity index (χ1n) is 12.1. The maximum atomic E-state index is 13.0. The van der Waals surface area contributed by atoms with Crippen LogP contribution in [0.4, 0.5) is 22.2 Å². The highest BCUT2D eigenvalue weighted by atomic mass is 16.6. The van der Waals surface area contributed by atoms with Crippen molar-refractivity contribution >= 4 is 40.7 Å². The predicted molar refractivity (Wildman–Crippen MR) is 139 cm³/mol. The highest BCUT2D eigenvalue weighted by Gasteiger charge is 2.69. The third-order valence-corrected chi connectivity index (χ3v) is 6.95. The first-order chi connectivity index (χ1) is 16.9. The Morgan fingerprint density at radius 2 is 1.83 bits per heavy atom. The van der Waals surface area contributed by atoms with Gasteiger partial charge < -0.3 is 15.4 Å². The molecule has 6 rings (SSSR count). The van der Waals surface area contributed by atoms with Crippen LogP contribution in [0.15, 0.2) is 18.7 Å². The minimum absolute atomic E-state index is 0.177. The topological polar surface area (TPSA) is 118 Å². The lowest BCUT2D eigenvalue weighted by Gasteiger charge is -2.66. The van der Waals surface area contributed by atoms with Crippen LogP contribution in [-0.2, 0) is 4.74 Å². The van der Waals surface area contributed by atoms with E-state index >= 15 is 0 Å². The first kappa shape index (κ1) is 23.8. The van der Waals surface area contributed by atoms with E-state index in [2.05, 4.69) is 40.5 Å². The number of ether oxygens (including phenoxy) is 1. The molecule has 3 fully saturated rings. The van der Waals surface area contributed by atoms with E-state index in [1.165, 1.54) is 4.68 Å². The van der Waals surface area contributed by atoms with Crippen LogP contribution in [0.5, 0.6) is 0 Å². The average molecular weight is 486 g/mol. The van der Waals surface area contributed by atoms with E-state index in [0.29, 0.717) is 28.5 Å². The minimum Gasteiger partial charge on any atom is -0.442 e. The van der Waals surface area contributed by atoms with Gasteiger partial charge in [0, 0.05) is 11.2 Å². The van der Waals surface area contributed by atoms with Gasteiger partial charge in [-0.05, 0) is 89.6 Å². The van der Waals surface area contributed by atoms with Crippen LogP contribution >= 0.6 is 0 Å². The number of rotatable bonds is 5. The maximum absolute atomic E-state index is 13.0. The quantitative estimate of drug-likeness (QED) is 0.467. The van der Waals surface area contributed by atoms with Crippen molar-refractivity contribution in [1.82, 2.24) is 19.7 Å². The number of hydrogen-bond donors (Lipinski definition) is 2. The van der Waals surface area contributed by atoms with Crippen molar-refractivity contribution < 1.29 is 9.53 Å². The maximum Gasteiger partial charge on any atom is 0.437 e. The monoisotopic (exact) mass is 485 g/mol. The van der Waals surface area contributed by atoms with E-state index in [0.717, 1.165) is 41.6 Å². The number of benzene rings is 1. The molecule has 0 aliphatic heterocycles. The summed E-state index contributed by atoms with van der Waals surface area (Å²) in [5, 5.41) is 21.5. The van der Waals surface area contributed by atoms with E-state index in [1.54, 1.807) is 0 Å². The van der Waals surface area contributed by atoms with Crippen molar-refractivity contribution in [2.24, 2.45) is 5.41 Å². The van der Waals surface area contributed by atoms with Gasteiger partial charge in [0.2, 0.25) is 5.95 Å². The molecule has 1 aromatic carbocycles. The summed E-state index contributed by atoms with van der Waals surface area (Å²) in [7, 11) is 0. The van der Waals surface area contributed by atoms with Gasteiger partial charge in [-0.3, -0.25) is 0 Å². The molecule has 0 amide bonds. The Kier molecular flexibility index (Phi) is 5.15. The Labute approximate surface area is 210 Å². The molecule has 0 unspecified atom stereocenters. The molecule has 2 heterocycles. The van der Waals surface area contributed by atoms with Crippen LogP contribution in [0, 0.1) is 37.5 Å². The van der Waals surface area contributed by atoms with Crippen LogP contribution in [0.25, 0.3) is 17.1 Å². The lowest BCUT2D eigenvalue weighted by Crippen LogP contribution is -2.70. The van der Waals surface area contributed by atoms with E-state index in [-0.39, 0.29) is 11.0 Å². The van der Waals surface area contributed by atoms with Gasteiger partial charge in [-0.2, -0.15) is 20.3 Å². The number of hydrogen-bond acceptors (Lipinski definition) is 8. The molecule has 3 aliphatic rings. The summed E-state index contributed by atoms with van der Waals surface area (Å²) in [5.41, 5.74) is 3.94. The van der Waals surface area contributed by atoms with Crippen molar-refractivity contribution in [2.75, 3.05) is 10.6 Å². The zero-order valence-electron chi connectivity index (χ0n) is 21.6. The summed E-state index contributed by atoms with van der Waals surface area (Å²) < 4.78 is 6.79. The number of carbonyl (C=O) groups excluding carboxylic acids is 1. The number of aromatic nitrogens is 4. The van der Waals surface area contributed by atoms with Crippen LogP contribution < -0.4 is 10.6 Å². The number of fused-ring (bicyclic) bond motifs is 1. The molecule has 186 valence electrons. The van der Waals surface area contributed by atoms with Crippen molar-refractivity contribution in [3.63, 3.8) is 0 Å². The minimum atomic E-state index is -0.684. The van der Waals surface area contributed by atoms with Gasteiger partial charge in [-0.1, -0.05) is 12.7 Å². The van der Waals surface area contributed by atoms with Crippen LogP contribution in [0.1, 0.15) is 62.4 Å². The molecule has 9 heteroatoms. The molecule has 0 saturated heterocycles. The third-order valence-electron chi connectivity index (χ3n) is 6.95. The summed E-state index contributed by atoms with van der Waals surface area (Å²) in [4.78, 5) is 22.6. The Morgan fingerprint density at radius 3 is 2.39 bits per heavy atom. The van der Waals surface area contributed by atoms with Crippen LogP contribution in [0.3, 0.4) is 0 Å². The standard InChI is InChI=1S/C27H31N7O2/c1-8-18-9-15(2)20(16(3)10-18)29-21-19-17(4)33-34(24(35)36-25(5,6)7)22(19)31-23(30-21)32-27-11-26(12-27,13-27)14-28/h8-10H,1,11-13H2,2-7H3,(H2,29,30,31,32). The third kappa shape index (κ3) is 3.87. The van der Waals surface area contributed by atoms with Gasteiger partial charge in [0.1, 0.15) is 11.4 Å². The lowest BCUT2D eigenvalue weighted by atomic mass is 9.40. The van der Waals surface area contributed by atoms with E-state index in [4.69, 9.17) is 14.7 Å². The molecule has 3 saturated carbocycles. The molecule has 0 radical (unpaired) electrons. The van der Waals surface area contributed by atoms with E-state index in [1.807, 2.05) is 47.6 Å². The largest absolute Gasteiger partial charge is 0.442 e. The van der Waals surface area contributed by atoms with E-state index in [9.17, 15) is 10.1 Å². The van der Waals surface area contributed by atoms with Gasteiger partial charge >= 0.3 is 6.09 Å². The molecule has 36 heavy (non-hydrogen) atoms. The number of nitrogens with one attached hydrogen (secondary N) is 2. The zero-order chi connectivity index (χ0) is 26.0. The fourth-order valence-corrected chi connectivity index (χ4v) is 5.47. The van der Waals surface area contributed by atoms with Crippen molar-refractivity contribution in [1.29, 1.82) is 5.26 Å². The van der Waals surface area contributed by atoms with Crippen molar-refractivity contribution in [2.45, 2.75) is 71.9 Å². The Hall–Kier alpha value is -3.93. The van der Waals surface area contributed by atoms with Gasteiger partial charge in [0.05, 0.1) is 22.6 Å². The van der Waals surface area contributed by atoms with Gasteiger partial charge in [0.15, 0.2) is 5.65 Å². The SMILES string of the molecule is C=Cc1cc(C)c(Nc2nc(NC34CC(C#N)(C3)C4)nc3c2c(C)nn3C(=O)OC(C)(C)C)c(C)c1. The highest BCUT2D eigenvalue weighted by Crippen LogP contribution is 2.67. The summed E-state index contributed by atoms with van der Waals surface area (Å²) >= 11 is 0. The zero-order valence-corrected chi connectivity index (χ0v) is 21.6. The van der Waals surface area contributed by atoms with E-state index < -0.39 is 11.7 Å².